The Labute approximate surface area is 223 Å². The van der Waals surface area contributed by atoms with E-state index >= 15 is 0 Å². The number of phenols is 4. The van der Waals surface area contributed by atoms with Crippen LogP contribution in [0, 0.1) is 5.92 Å². The smallest absolute Gasteiger partial charge is 0.211 e. The summed E-state index contributed by atoms with van der Waals surface area (Å²) in [6.45, 7) is 1.64. The SMILES string of the molecule is CC1=CC(c2c(O)ccc(C3Oc4cc(O)ccc4C(O)C3=O)c2O)C2C(=O)COc3cc(O)ccc3C2C1. The van der Waals surface area contributed by atoms with Crippen molar-refractivity contribution >= 4 is 11.6 Å². The average molecular weight is 531 g/mol. The highest BCUT2D eigenvalue weighted by atomic mass is 16.5. The number of aliphatic hydroxyl groups excluding tert-OH is 1. The number of ether oxygens (including phenoxy) is 2. The zero-order chi connectivity index (χ0) is 27.6. The van der Waals surface area contributed by atoms with E-state index in [9.17, 15) is 35.1 Å². The van der Waals surface area contributed by atoms with E-state index in [0.717, 1.165) is 11.1 Å². The zero-order valence-corrected chi connectivity index (χ0v) is 20.9. The molecule has 0 radical (unpaired) electrons. The fourth-order valence-corrected chi connectivity index (χ4v) is 6.10. The molecule has 1 aliphatic carbocycles. The Kier molecular flexibility index (Phi) is 5.76. The first-order valence-electron chi connectivity index (χ1n) is 12.6. The Hall–Kier alpha value is -4.50. The van der Waals surface area contributed by atoms with Crippen LogP contribution in [0.15, 0.2) is 60.2 Å². The van der Waals surface area contributed by atoms with Crippen LogP contribution in [0.25, 0.3) is 0 Å². The summed E-state index contributed by atoms with van der Waals surface area (Å²) >= 11 is 0. The lowest BCUT2D eigenvalue weighted by molar-refractivity contribution is -0.137. The molecule has 0 aromatic heterocycles. The lowest BCUT2D eigenvalue weighted by Gasteiger charge is -2.36. The summed E-state index contributed by atoms with van der Waals surface area (Å²) in [5.74, 6) is -3.10. The average Bonchev–Trinajstić information content (AvgIpc) is 3.02. The highest BCUT2D eigenvalue weighted by Crippen LogP contribution is 2.54. The molecule has 0 fully saturated rings. The van der Waals surface area contributed by atoms with E-state index in [0.29, 0.717) is 12.2 Å². The number of hydrogen-bond donors (Lipinski definition) is 5. The van der Waals surface area contributed by atoms with E-state index < -0.39 is 35.6 Å². The molecule has 3 aliphatic rings. The summed E-state index contributed by atoms with van der Waals surface area (Å²) in [5.41, 5.74) is 1.92. The monoisotopic (exact) mass is 530 g/mol. The molecule has 6 rings (SSSR count). The van der Waals surface area contributed by atoms with Crippen molar-refractivity contribution in [3.63, 3.8) is 0 Å². The Morgan fingerprint density at radius 3 is 2.26 bits per heavy atom. The Morgan fingerprint density at radius 1 is 0.846 bits per heavy atom. The van der Waals surface area contributed by atoms with Crippen LogP contribution < -0.4 is 9.47 Å². The van der Waals surface area contributed by atoms with Crippen LogP contribution >= 0.6 is 0 Å². The van der Waals surface area contributed by atoms with Crippen molar-refractivity contribution in [1.29, 1.82) is 0 Å². The van der Waals surface area contributed by atoms with Crippen molar-refractivity contribution in [2.24, 2.45) is 5.92 Å². The van der Waals surface area contributed by atoms with E-state index in [-0.39, 0.29) is 58.0 Å². The molecule has 5 unspecified atom stereocenters. The van der Waals surface area contributed by atoms with Gasteiger partial charge in [0.05, 0.1) is 0 Å². The minimum Gasteiger partial charge on any atom is -0.508 e. The molecule has 3 aromatic carbocycles. The van der Waals surface area contributed by atoms with Gasteiger partial charge in [0.25, 0.3) is 0 Å². The molecule has 0 saturated heterocycles. The summed E-state index contributed by atoms with van der Waals surface area (Å²) in [4.78, 5) is 26.6. The van der Waals surface area contributed by atoms with Gasteiger partial charge in [0.1, 0.15) is 47.2 Å². The molecule has 200 valence electrons. The van der Waals surface area contributed by atoms with Crippen molar-refractivity contribution in [3.05, 3.63) is 82.4 Å². The van der Waals surface area contributed by atoms with Crippen LogP contribution in [-0.2, 0) is 9.59 Å². The number of rotatable bonds is 2. The highest BCUT2D eigenvalue weighted by molar-refractivity contribution is 5.92. The number of Topliss-reactive ketones (excluding diaryl/α,β-unsaturated/α-hetero) is 2. The summed E-state index contributed by atoms with van der Waals surface area (Å²) in [6.07, 6.45) is -0.610. The first-order valence-corrected chi connectivity index (χ1v) is 12.6. The van der Waals surface area contributed by atoms with Crippen molar-refractivity contribution in [2.45, 2.75) is 37.4 Å². The third-order valence-electron chi connectivity index (χ3n) is 7.87. The van der Waals surface area contributed by atoms with Crippen molar-refractivity contribution < 1.29 is 44.6 Å². The fourth-order valence-electron chi connectivity index (χ4n) is 6.10. The number of benzene rings is 3. The van der Waals surface area contributed by atoms with Gasteiger partial charge in [0.2, 0.25) is 5.78 Å². The third kappa shape index (κ3) is 3.97. The molecule has 0 amide bonds. The summed E-state index contributed by atoms with van der Waals surface area (Å²) in [6, 6.07) is 11.4. The van der Waals surface area contributed by atoms with Gasteiger partial charge in [-0.05, 0) is 49.2 Å². The molecular weight excluding hydrogens is 504 g/mol. The van der Waals surface area contributed by atoms with Gasteiger partial charge in [-0.15, -0.1) is 0 Å². The van der Waals surface area contributed by atoms with E-state index in [1.165, 1.54) is 42.5 Å². The highest BCUT2D eigenvalue weighted by Gasteiger charge is 2.45. The molecule has 9 heteroatoms. The number of hydrogen-bond acceptors (Lipinski definition) is 9. The molecule has 9 nitrogen and oxygen atoms in total. The van der Waals surface area contributed by atoms with Crippen molar-refractivity contribution in [2.75, 3.05) is 6.61 Å². The largest absolute Gasteiger partial charge is 0.508 e. The van der Waals surface area contributed by atoms with Gasteiger partial charge in [-0.3, -0.25) is 9.59 Å². The van der Waals surface area contributed by atoms with Gasteiger partial charge >= 0.3 is 0 Å². The molecular formula is C30H26O9. The second-order valence-corrected chi connectivity index (χ2v) is 10.3. The Bertz CT molecular complexity index is 1560. The lowest BCUT2D eigenvalue weighted by Crippen LogP contribution is -2.33. The van der Waals surface area contributed by atoms with E-state index in [4.69, 9.17) is 9.47 Å². The minimum absolute atomic E-state index is 0.0106. The number of allylic oxidation sites excluding steroid dienone is 2. The summed E-state index contributed by atoms with van der Waals surface area (Å²) < 4.78 is 11.6. The topological polar surface area (TPSA) is 154 Å². The van der Waals surface area contributed by atoms with Crippen LogP contribution in [0.5, 0.6) is 34.5 Å². The normalized spacial score (nSPS) is 25.8. The van der Waals surface area contributed by atoms with Crippen LogP contribution in [0.1, 0.15) is 59.6 Å². The lowest BCUT2D eigenvalue weighted by atomic mass is 9.66. The van der Waals surface area contributed by atoms with Gasteiger partial charge < -0.3 is 35.0 Å². The predicted molar refractivity (Wildman–Crippen MR) is 137 cm³/mol. The first-order chi connectivity index (χ1) is 18.6. The second kappa shape index (κ2) is 9.06. The molecule has 2 aliphatic heterocycles. The van der Waals surface area contributed by atoms with Gasteiger partial charge in [0.15, 0.2) is 11.9 Å². The first kappa shape index (κ1) is 24.8. The van der Waals surface area contributed by atoms with Crippen LogP contribution in [-0.4, -0.2) is 43.7 Å². The number of carbonyl (C=O) groups excluding carboxylic acids is 2. The van der Waals surface area contributed by atoms with Gasteiger partial charge in [-0.2, -0.15) is 0 Å². The van der Waals surface area contributed by atoms with Crippen LogP contribution in [0.3, 0.4) is 0 Å². The Balaban J connectivity index is 1.46. The number of carbonyl (C=O) groups is 2. The molecule has 3 aromatic rings. The molecule has 5 N–H and O–H groups in total. The zero-order valence-electron chi connectivity index (χ0n) is 20.9. The number of ketones is 2. The molecule has 0 saturated carbocycles. The summed E-state index contributed by atoms with van der Waals surface area (Å²) in [7, 11) is 0. The minimum atomic E-state index is -1.55. The van der Waals surface area contributed by atoms with Gasteiger partial charge in [0, 0.05) is 46.6 Å². The standard InChI is InChI=1S/C30H26O9/c1-13-8-19-16-4-2-14(31)10-23(16)38-12-22(34)25(19)20(9-13)26-21(33)7-6-18(27(26)35)30-29(37)28(36)17-5-3-15(32)11-24(17)39-30/h2-7,9-11,19-20,25,28,30-33,35-36H,8,12H2,1H3. The third-order valence-corrected chi connectivity index (χ3v) is 7.87. The maximum absolute atomic E-state index is 13.5. The number of phenolic OH excluding ortho intramolecular Hbond substituents is 4. The molecule has 5 atom stereocenters. The van der Waals surface area contributed by atoms with E-state index in [2.05, 4.69) is 0 Å². The number of aromatic hydroxyl groups is 4. The van der Waals surface area contributed by atoms with Crippen LogP contribution in [0.4, 0.5) is 0 Å². The van der Waals surface area contributed by atoms with Crippen LogP contribution in [0.2, 0.25) is 0 Å². The summed E-state index contributed by atoms with van der Waals surface area (Å²) in [5, 5.41) is 53.0. The van der Waals surface area contributed by atoms with Crippen molar-refractivity contribution in [1.82, 2.24) is 0 Å². The second-order valence-electron chi connectivity index (χ2n) is 10.3. The maximum Gasteiger partial charge on any atom is 0.211 e. The maximum atomic E-state index is 13.5. The van der Waals surface area contributed by atoms with Crippen molar-refractivity contribution in [3.8, 4) is 34.5 Å². The molecule has 39 heavy (non-hydrogen) atoms. The fraction of sp³-hybridized carbons (Fsp3) is 0.267. The molecule has 2 heterocycles. The van der Waals surface area contributed by atoms with E-state index in [1.54, 1.807) is 6.07 Å². The van der Waals surface area contributed by atoms with E-state index in [1.807, 2.05) is 13.0 Å². The van der Waals surface area contributed by atoms with Gasteiger partial charge in [-0.25, -0.2) is 0 Å². The quantitative estimate of drug-likeness (QED) is 0.309. The number of fused-ring (bicyclic) bond motifs is 4. The molecule has 0 spiro atoms. The predicted octanol–water partition coefficient (Wildman–Crippen LogP) is 4.04. The van der Waals surface area contributed by atoms with Gasteiger partial charge in [-0.1, -0.05) is 17.7 Å². The Morgan fingerprint density at radius 2 is 1.51 bits per heavy atom. The number of aliphatic hydroxyl groups is 1. The molecule has 0 bridgehead atoms.